The molecule has 0 radical (unpaired) electrons. The van der Waals surface area contributed by atoms with Crippen molar-refractivity contribution in [1.29, 1.82) is 0 Å². The molecule has 0 atom stereocenters. The second kappa shape index (κ2) is 6.47. The molecule has 5 heteroatoms. The maximum atomic E-state index is 11.7. The van der Waals surface area contributed by atoms with E-state index < -0.39 is 0 Å². The normalized spacial score (nSPS) is 11.0. The third-order valence-corrected chi connectivity index (χ3v) is 3.74. The topological polar surface area (TPSA) is 51.9 Å². The van der Waals surface area contributed by atoms with E-state index in [-0.39, 0.29) is 5.91 Å². The van der Waals surface area contributed by atoms with Gasteiger partial charge in [-0.05, 0) is 18.6 Å². The van der Waals surface area contributed by atoms with Gasteiger partial charge in [0.2, 0.25) is 5.91 Å². The van der Waals surface area contributed by atoms with Crippen molar-refractivity contribution in [3.8, 4) is 0 Å². The zero-order chi connectivity index (χ0) is 15.4. The minimum Gasteiger partial charge on any atom is -0.356 e. The summed E-state index contributed by atoms with van der Waals surface area (Å²) in [5.74, 6) is 0.0939. The molecule has 114 valence electrons. The third kappa shape index (κ3) is 3.03. The highest BCUT2D eigenvalue weighted by Crippen LogP contribution is 2.22. The Hall–Kier alpha value is -2.56. The number of fused-ring (bicyclic) bond motifs is 1. The largest absolute Gasteiger partial charge is 0.356 e. The molecule has 1 N–H and O–H groups in total. The number of hydrogen-bond acceptors (Lipinski definition) is 2. The van der Waals surface area contributed by atoms with Crippen molar-refractivity contribution in [2.75, 3.05) is 6.54 Å². The Bertz CT molecular complexity index is 758. The van der Waals surface area contributed by atoms with Crippen molar-refractivity contribution in [2.24, 2.45) is 0 Å². The predicted molar refractivity (Wildman–Crippen MR) is 86.6 cm³/mol. The number of carbonyl (C=O) groups excluding carboxylic acids is 1. The molecular formula is C17H20N4O. The fourth-order valence-corrected chi connectivity index (χ4v) is 2.72. The van der Waals surface area contributed by atoms with Gasteiger partial charge in [-0.25, -0.2) is 4.98 Å². The first-order chi connectivity index (χ1) is 10.8. The Morgan fingerprint density at radius 3 is 2.95 bits per heavy atom. The summed E-state index contributed by atoms with van der Waals surface area (Å²) in [6, 6.07) is 8.31. The van der Waals surface area contributed by atoms with E-state index in [2.05, 4.69) is 37.8 Å². The minimum atomic E-state index is 0.0939. The van der Waals surface area contributed by atoms with Crippen molar-refractivity contribution >= 4 is 16.8 Å². The van der Waals surface area contributed by atoms with Crippen molar-refractivity contribution in [1.82, 2.24) is 19.4 Å². The number of aryl methyl sites for hydroxylation is 1. The molecule has 5 nitrogen and oxygen atoms in total. The minimum absolute atomic E-state index is 0.0939. The van der Waals surface area contributed by atoms with Crippen LogP contribution in [0.25, 0.3) is 10.9 Å². The number of nitrogens with one attached hydrogen (secondary N) is 1. The molecule has 0 aliphatic heterocycles. The lowest BCUT2D eigenvalue weighted by Crippen LogP contribution is -2.23. The fraction of sp³-hybridized carbons (Fsp3) is 0.294. The number of rotatable bonds is 6. The van der Waals surface area contributed by atoms with E-state index in [1.165, 1.54) is 16.5 Å². The van der Waals surface area contributed by atoms with Gasteiger partial charge in [0.25, 0.3) is 0 Å². The van der Waals surface area contributed by atoms with Crippen molar-refractivity contribution in [2.45, 2.75) is 26.4 Å². The van der Waals surface area contributed by atoms with Gasteiger partial charge >= 0.3 is 0 Å². The van der Waals surface area contributed by atoms with Gasteiger partial charge < -0.3 is 14.5 Å². The number of hydrogen-bond donors (Lipinski definition) is 1. The van der Waals surface area contributed by atoms with Crippen molar-refractivity contribution in [3.05, 3.63) is 54.7 Å². The number of imidazole rings is 1. The van der Waals surface area contributed by atoms with E-state index in [1.54, 1.807) is 6.20 Å². The van der Waals surface area contributed by atoms with Crippen molar-refractivity contribution in [3.63, 3.8) is 0 Å². The van der Waals surface area contributed by atoms with Crippen LogP contribution in [0.1, 0.15) is 18.9 Å². The van der Waals surface area contributed by atoms with Crippen LogP contribution in [0.15, 0.2) is 49.2 Å². The van der Waals surface area contributed by atoms with Crippen LogP contribution in [0.4, 0.5) is 0 Å². The summed E-state index contributed by atoms with van der Waals surface area (Å²) >= 11 is 0. The first kappa shape index (κ1) is 14.4. The zero-order valence-electron chi connectivity index (χ0n) is 12.7. The van der Waals surface area contributed by atoms with Crippen molar-refractivity contribution < 1.29 is 4.79 Å². The molecule has 0 saturated heterocycles. The molecule has 3 aromatic rings. The van der Waals surface area contributed by atoms with Crippen LogP contribution < -0.4 is 5.32 Å². The van der Waals surface area contributed by atoms with Gasteiger partial charge in [0.1, 0.15) is 0 Å². The van der Waals surface area contributed by atoms with E-state index in [0.29, 0.717) is 19.5 Å². The number of benzene rings is 1. The maximum Gasteiger partial charge on any atom is 0.221 e. The summed E-state index contributed by atoms with van der Waals surface area (Å²) in [7, 11) is 0. The second-order valence-corrected chi connectivity index (χ2v) is 5.30. The summed E-state index contributed by atoms with van der Waals surface area (Å²) < 4.78 is 4.22. The van der Waals surface area contributed by atoms with Crippen LogP contribution >= 0.6 is 0 Å². The molecule has 1 aromatic carbocycles. The highest BCUT2D eigenvalue weighted by atomic mass is 16.1. The molecule has 3 rings (SSSR count). The molecule has 0 bridgehead atoms. The maximum absolute atomic E-state index is 11.7. The molecule has 0 unspecified atom stereocenters. The fourth-order valence-electron chi connectivity index (χ4n) is 2.72. The SMILES string of the molecule is CCNC(=O)CCn1cc(Cn2ccnc2)c2ccccc21. The molecule has 2 heterocycles. The Morgan fingerprint density at radius 2 is 2.18 bits per heavy atom. The van der Waals surface area contributed by atoms with Crippen LogP contribution in [0.3, 0.4) is 0 Å². The lowest BCUT2D eigenvalue weighted by Gasteiger charge is -2.05. The molecule has 0 spiro atoms. The lowest BCUT2D eigenvalue weighted by atomic mass is 10.2. The molecule has 1 amide bonds. The second-order valence-electron chi connectivity index (χ2n) is 5.30. The Morgan fingerprint density at radius 1 is 1.32 bits per heavy atom. The smallest absolute Gasteiger partial charge is 0.221 e. The average molecular weight is 296 g/mol. The molecule has 0 fully saturated rings. The Kier molecular flexibility index (Phi) is 4.23. The number of aromatic nitrogens is 3. The highest BCUT2D eigenvalue weighted by molar-refractivity contribution is 5.84. The first-order valence-corrected chi connectivity index (χ1v) is 7.57. The van der Waals surface area contributed by atoms with Crippen LogP contribution in [-0.4, -0.2) is 26.6 Å². The van der Waals surface area contributed by atoms with Crippen LogP contribution in [0, 0.1) is 0 Å². The number of amides is 1. The third-order valence-electron chi connectivity index (χ3n) is 3.74. The highest BCUT2D eigenvalue weighted by Gasteiger charge is 2.09. The van der Waals surface area contributed by atoms with Crippen LogP contribution in [-0.2, 0) is 17.9 Å². The predicted octanol–water partition coefficient (Wildman–Crippen LogP) is 2.41. The molecule has 0 aliphatic carbocycles. The Labute approximate surface area is 129 Å². The molecular weight excluding hydrogens is 276 g/mol. The number of para-hydroxylation sites is 1. The van der Waals surface area contributed by atoms with Gasteiger partial charge in [0.15, 0.2) is 0 Å². The van der Waals surface area contributed by atoms with Gasteiger partial charge in [-0.15, -0.1) is 0 Å². The summed E-state index contributed by atoms with van der Waals surface area (Å²) in [5, 5.41) is 4.07. The van der Waals surface area contributed by atoms with E-state index in [4.69, 9.17) is 0 Å². The standard InChI is InChI=1S/C17H20N4O/c1-2-19-17(22)7-9-21-12-14(11-20-10-8-18-13-20)15-5-3-4-6-16(15)21/h3-6,8,10,12-13H,2,7,9,11H2,1H3,(H,19,22). The summed E-state index contributed by atoms with van der Waals surface area (Å²) in [4.78, 5) is 15.8. The summed E-state index contributed by atoms with van der Waals surface area (Å²) in [6.07, 6.45) is 8.21. The van der Waals surface area contributed by atoms with E-state index in [0.717, 1.165) is 6.54 Å². The van der Waals surface area contributed by atoms with E-state index in [9.17, 15) is 4.79 Å². The van der Waals surface area contributed by atoms with E-state index >= 15 is 0 Å². The number of nitrogens with zero attached hydrogens (tertiary/aromatic N) is 3. The zero-order valence-corrected chi connectivity index (χ0v) is 12.7. The van der Waals surface area contributed by atoms with Crippen LogP contribution in [0.5, 0.6) is 0 Å². The monoisotopic (exact) mass is 296 g/mol. The van der Waals surface area contributed by atoms with Gasteiger partial charge in [-0.2, -0.15) is 0 Å². The Balaban J connectivity index is 1.85. The van der Waals surface area contributed by atoms with E-state index in [1.807, 2.05) is 31.6 Å². The molecule has 0 saturated carbocycles. The lowest BCUT2D eigenvalue weighted by molar-refractivity contribution is -0.121. The molecule has 2 aromatic heterocycles. The summed E-state index contributed by atoms with van der Waals surface area (Å²) in [5.41, 5.74) is 2.41. The molecule has 22 heavy (non-hydrogen) atoms. The van der Waals surface area contributed by atoms with Gasteiger partial charge in [0.05, 0.1) is 12.9 Å². The first-order valence-electron chi connectivity index (χ1n) is 7.57. The quantitative estimate of drug-likeness (QED) is 0.759. The van der Waals surface area contributed by atoms with Crippen LogP contribution in [0.2, 0.25) is 0 Å². The average Bonchev–Trinajstić information content (AvgIpc) is 3.15. The van der Waals surface area contributed by atoms with Gasteiger partial charge in [-0.1, -0.05) is 18.2 Å². The molecule has 0 aliphatic rings. The van der Waals surface area contributed by atoms with Gasteiger partial charge in [-0.3, -0.25) is 4.79 Å². The summed E-state index contributed by atoms with van der Waals surface area (Å²) in [6.45, 7) is 4.09. The number of carbonyl (C=O) groups is 1. The van der Waals surface area contributed by atoms with Gasteiger partial charge in [0, 0.05) is 49.0 Å².